The second-order valence-electron chi connectivity index (χ2n) is 9.47. The van der Waals surface area contributed by atoms with E-state index in [9.17, 15) is 4.79 Å². The molecule has 4 rings (SSSR count). The first-order chi connectivity index (χ1) is 17.6. The van der Waals surface area contributed by atoms with E-state index in [1.807, 2.05) is 6.20 Å². The predicted octanol–water partition coefficient (Wildman–Crippen LogP) is 1.49. The number of piperidine rings is 2. The van der Waals surface area contributed by atoms with Crippen LogP contribution in [0.15, 0.2) is 12.3 Å². The van der Waals surface area contributed by atoms with E-state index in [2.05, 4.69) is 36.8 Å². The number of esters is 1. The summed E-state index contributed by atoms with van der Waals surface area (Å²) in [6.07, 6.45) is 8.56. The summed E-state index contributed by atoms with van der Waals surface area (Å²) in [5.74, 6) is 2.18. The van der Waals surface area contributed by atoms with Gasteiger partial charge in [0, 0.05) is 58.0 Å². The Labute approximate surface area is 212 Å². The summed E-state index contributed by atoms with van der Waals surface area (Å²) in [6, 6.07) is 2.38. The number of likely N-dealkylation sites (tertiary alicyclic amines) is 1. The van der Waals surface area contributed by atoms with Gasteiger partial charge in [-0.2, -0.15) is 9.97 Å². The number of nitrogens with one attached hydrogen (secondary N) is 2. The molecule has 0 saturated carbocycles. The summed E-state index contributed by atoms with van der Waals surface area (Å²) in [5.41, 5.74) is 0.800. The smallest absolute Gasteiger partial charge is 0.306 e. The van der Waals surface area contributed by atoms with E-state index in [0.717, 1.165) is 62.9 Å². The number of carbonyl (C=O) groups is 1. The number of carbonyl (C=O) groups excluding carboxylic acids is 1. The number of aryl methyl sites for hydroxylation is 1. The molecule has 2 aliphatic heterocycles. The minimum Gasteiger partial charge on any atom is -0.469 e. The Bertz CT molecular complexity index is 956. The second kappa shape index (κ2) is 13.4. The highest BCUT2D eigenvalue weighted by molar-refractivity contribution is 5.69. The van der Waals surface area contributed by atoms with Gasteiger partial charge in [-0.1, -0.05) is 5.21 Å². The van der Waals surface area contributed by atoms with E-state index >= 15 is 0 Å². The Morgan fingerprint density at radius 3 is 2.69 bits per heavy atom. The van der Waals surface area contributed by atoms with Crippen molar-refractivity contribution in [2.75, 3.05) is 62.0 Å². The lowest BCUT2D eigenvalue weighted by molar-refractivity contribution is -0.141. The Hall–Kier alpha value is -2.99. The van der Waals surface area contributed by atoms with Crippen molar-refractivity contribution in [1.82, 2.24) is 29.9 Å². The van der Waals surface area contributed by atoms with Crippen LogP contribution in [0, 0.1) is 0 Å². The molecule has 198 valence electrons. The molecule has 2 fully saturated rings. The summed E-state index contributed by atoms with van der Waals surface area (Å²) in [6.45, 7) is 5.88. The van der Waals surface area contributed by atoms with E-state index < -0.39 is 0 Å². The van der Waals surface area contributed by atoms with E-state index in [1.54, 1.807) is 4.68 Å². The van der Waals surface area contributed by atoms with Crippen molar-refractivity contribution in [3.8, 4) is 0 Å². The Balaban J connectivity index is 1.37. The Kier molecular flexibility index (Phi) is 9.68. The van der Waals surface area contributed by atoms with Crippen LogP contribution in [0.4, 0.5) is 17.6 Å². The standard InChI is InChI=1S/C24H39N9O3/c1-36-23(35)8-14-31-12-6-19(7-13-31)26-21-16-22(32-9-3-2-4-10-32)28-24(27-21)25-17-20-18-33(30-29-20)11-5-15-34/h16,18-19,34H,2-15,17H2,1H3,(H2,25,26,27,28). The van der Waals surface area contributed by atoms with Gasteiger partial charge in [0.05, 0.1) is 26.3 Å². The molecule has 2 saturated heterocycles. The van der Waals surface area contributed by atoms with Gasteiger partial charge in [0.15, 0.2) is 0 Å². The average Bonchev–Trinajstić information content (AvgIpc) is 3.38. The second-order valence-corrected chi connectivity index (χ2v) is 9.47. The molecule has 2 aromatic rings. The number of nitrogens with zero attached hydrogens (tertiary/aromatic N) is 7. The largest absolute Gasteiger partial charge is 0.469 e. The van der Waals surface area contributed by atoms with Crippen molar-refractivity contribution in [1.29, 1.82) is 0 Å². The molecule has 3 N–H and O–H groups in total. The van der Waals surface area contributed by atoms with Gasteiger partial charge >= 0.3 is 5.97 Å². The number of rotatable bonds is 12. The van der Waals surface area contributed by atoms with E-state index in [4.69, 9.17) is 19.8 Å². The molecule has 0 unspecified atom stereocenters. The van der Waals surface area contributed by atoms with Gasteiger partial charge in [0.1, 0.15) is 17.3 Å². The lowest BCUT2D eigenvalue weighted by Crippen LogP contribution is -2.40. The first-order valence-electron chi connectivity index (χ1n) is 13.1. The average molecular weight is 502 g/mol. The molecule has 0 bridgehead atoms. The number of aliphatic hydroxyl groups is 1. The van der Waals surface area contributed by atoms with Gasteiger partial charge in [-0.3, -0.25) is 9.48 Å². The van der Waals surface area contributed by atoms with Gasteiger partial charge in [0.2, 0.25) is 5.95 Å². The lowest BCUT2D eigenvalue weighted by Gasteiger charge is -2.33. The molecular weight excluding hydrogens is 462 g/mol. The third-order valence-corrected chi connectivity index (χ3v) is 6.75. The molecule has 0 atom stereocenters. The predicted molar refractivity (Wildman–Crippen MR) is 137 cm³/mol. The van der Waals surface area contributed by atoms with E-state index in [-0.39, 0.29) is 12.6 Å². The van der Waals surface area contributed by atoms with Crippen molar-refractivity contribution >= 4 is 23.6 Å². The first-order valence-corrected chi connectivity index (χ1v) is 13.1. The minimum atomic E-state index is -0.158. The Morgan fingerprint density at radius 1 is 1.14 bits per heavy atom. The van der Waals surface area contributed by atoms with Gasteiger partial charge in [-0.25, -0.2) is 0 Å². The highest BCUT2D eigenvalue weighted by Crippen LogP contribution is 2.24. The van der Waals surface area contributed by atoms with Crippen LogP contribution in [0.3, 0.4) is 0 Å². The molecule has 0 radical (unpaired) electrons. The Morgan fingerprint density at radius 2 is 1.94 bits per heavy atom. The maximum Gasteiger partial charge on any atom is 0.306 e. The fourth-order valence-electron chi connectivity index (χ4n) is 4.67. The summed E-state index contributed by atoms with van der Waals surface area (Å²) < 4.78 is 6.50. The van der Waals surface area contributed by atoms with Gasteiger partial charge in [-0.05, 0) is 38.5 Å². The van der Waals surface area contributed by atoms with Crippen LogP contribution in [-0.4, -0.2) is 93.4 Å². The maximum absolute atomic E-state index is 11.4. The normalized spacial score (nSPS) is 17.2. The number of ether oxygens (including phenoxy) is 1. The van der Waals surface area contributed by atoms with Crippen molar-refractivity contribution < 1.29 is 14.6 Å². The maximum atomic E-state index is 11.4. The first kappa shape index (κ1) is 26.1. The molecule has 0 amide bonds. The quantitative estimate of drug-likeness (QED) is 0.365. The zero-order valence-corrected chi connectivity index (χ0v) is 21.2. The van der Waals surface area contributed by atoms with Gasteiger partial charge < -0.3 is 30.3 Å². The molecule has 36 heavy (non-hydrogen) atoms. The van der Waals surface area contributed by atoms with Crippen LogP contribution in [-0.2, 0) is 22.6 Å². The summed E-state index contributed by atoms with van der Waals surface area (Å²) >= 11 is 0. The molecule has 4 heterocycles. The molecule has 12 heteroatoms. The molecule has 2 aliphatic rings. The van der Waals surface area contributed by atoms with Crippen molar-refractivity contribution in [2.45, 2.75) is 64.1 Å². The lowest BCUT2D eigenvalue weighted by atomic mass is 10.0. The summed E-state index contributed by atoms with van der Waals surface area (Å²) in [4.78, 5) is 25.7. The van der Waals surface area contributed by atoms with Crippen LogP contribution in [0.1, 0.15) is 50.6 Å². The van der Waals surface area contributed by atoms with Gasteiger partial charge in [0.25, 0.3) is 0 Å². The van der Waals surface area contributed by atoms with E-state index in [0.29, 0.717) is 37.9 Å². The number of aliphatic hydroxyl groups excluding tert-OH is 1. The molecule has 0 spiro atoms. The van der Waals surface area contributed by atoms with Crippen molar-refractivity contribution in [2.24, 2.45) is 0 Å². The zero-order valence-electron chi connectivity index (χ0n) is 21.2. The molecule has 2 aromatic heterocycles. The minimum absolute atomic E-state index is 0.132. The molecule has 12 nitrogen and oxygen atoms in total. The van der Waals surface area contributed by atoms with Crippen LogP contribution in [0.5, 0.6) is 0 Å². The number of hydrogen-bond acceptors (Lipinski definition) is 11. The van der Waals surface area contributed by atoms with Crippen LogP contribution in [0.2, 0.25) is 0 Å². The van der Waals surface area contributed by atoms with E-state index in [1.165, 1.54) is 26.4 Å². The fraction of sp³-hybridized carbons (Fsp3) is 0.708. The highest BCUT2D eigenvalue weighted by atomic mass is 16.5. The van der Waals surface area contributed by atoms with Crippen molar-refractivity contribution in [3.05, 3.63) is 18.0 Å². The highest BCUT2D eigenvalue weighted by Gasteiger charge is 2.21. The third-order valence-electron chi connectivity index (χ3n) is 6.75. The monoisotopic (exact) mass is 501 g/mol. The zero-order chi connectivity index (χ0) is 25.2. The molecule has 0 aliphatic carbocycles. The summed E-state index contributed by atoms with van der Waals surface area (Å²) in [7, 11) is 1.43. The SMILES string of the molecule is COC(=O)CCN1CCC(Nc2cc(N3CCCCC3)nc(NCc3cn(CCCO)nn3)n2)CC1. The number of aromatic nitrogens is 5. The van der Waals surface area contributed by atoms with Gasteiger partial charge in [-0.15, -0.1) is 5.10 Å². The summed E-state index contributed by atoms with van der Waals surface area (Å²) in [5, 5.41) is 24.3. The van der Waals surface area contributed by atoms with Crippen LogP contribution in [0.25, 0.3) is 0 Å². The number of anilines is 3. The topological polar surface area (TPSA) is 134 Å². The number of hydrogen-bond donors (Lipinski definition) is 3. The van der Waals surface area contributed by atoms with Crippen LogP contribution < -0.4 is 15.5 Å². The molecular formula is C24H39N9O3. The van der Waals surface area contributed by atoms with Crippen molar-refractivity contribution in [3.63, 3.8) is 0 Å². The molecule has 0 aromatic carbocycles. The fourth-order valence-corrected chi connectivity index (χ4v) is 4.67. The third kappa shape index (κ3) is 7.76. The number of methoxy groups -OCH3 is 1. The van der Waals surface area contributed by atoms with Crippen LogP contribution >= 0.6 is 0 Å².